The molecule has 8 heteroatoms. The zero-order valence-electron chi connectivity index (χ0n) is 19.1. The van der Waals surface area contributed by atoms with E-state index < -0.39 is 0 Å². The third-order valence-electron chi connectivity index (χ3n) is 6.45. The molecular formula is C24H32N4O4. The molecule has 2 aromatic rings. The van der Waals surface area contributed by atoms with E-state index in [1.807, 2.05) is 6.07 Å². The zero-order valence-corrected chi connectivity index (χ0v) is 19.1. The topological polar surface area (TPSA) is 79.9 Å². The van der Waals surface area contributed by atoms with Crippen molar-refractivity contribution in [1.29, 1.82) is 0 Å². The Bertz CT molecular complexity index is 1030. The molecule has 0 radical (unpaired) electrons. The van der Waals surface area contributed by atoms with Gasteiger partial charge in [0, 0.05) is 38.3 Å². The van der Waals surface area contributed by atoms with E-state index in [-0.39, 0.29) is 17.8 Å². The molecule has 0 spiro atoms. The van der Waals surface area contributed by atoms with E-state index >= 15 is 0 Å². The highest BCUT2D eigenvalue weighted by Gasteiger charge is 2.27. The first-order valence-corrected chi connectivity index (χ1v) is 11.6. The smallest absolute Gasteiger partial charge is 0.255 e. The molecule has 172 valence electrons. The molecule has 1 N–H and O–H groups in total. The second kappa shape index (κ2) is 8.75. The van der Waals surface area contributed by atoms with Gasteiger partial charge in [0.05, 0.1) is 17.9 Å². The number of aromatic amines is 1. The summed E-state index contributed by atoms with van der Waals surface area (Å²) in [4.78, 5) is 25.2. The first kappa shape index (κ1) is 21.3. The Morgan fingerprint density at radius 3 is 2.78 bits per heavy atom. The molecule has 1 fully saturated rings. The van der Waals surface area contributed by atoms with E-state index in [1.54, 1.807) is 0 Å². The number of aromatic nitrogens is 2. The molecule has 0 aliphatic carbocycles. The third-order valence-corrected chi connectivity index (χ3v) is 6.45. The van der Waals surface area contributed by atoms with Crippen molar-refractivity contribution in [3.8, 4) is 11.5 Å². The van der Waals surface area contributed by atoms with Crippen LogP contribution in [-0.4, -0.2) is 60.0 Å². The molecule has 3 atom stereocenters. The van der Waals surface area contributed by atoms with Crippen LogP contribution in [0, 0.1) is 5.92 Å². The van der Waals surface area contributed by atoms with Crippen LogP contribution in [0.4, 0.5) is 5.95 Å². The third kappa shape index (κ3) is 4.47. The van der Waals surface area contributed by atoms with Crippen molar-refractivity contribution < 1.29 is 14.2 Å². The van der Waals surface area contributed by atoms with Crippen LogP contribution in [0.15, 0.2) is 23.0 Å². The maximum atomic E-state index is 12.8. The van der Waals surface area contributed by atoms with Gasteiger partial charge in [-0.05, 0) is 50.3 Å². The number of hydrogen-bond donors (Lipinski definition) is 1. The number of rotatable bonds is 5. The Kier molecular flexibility index (Phi) is 5.82. The number of fused-ring (bicyclic) bond motifs is 2. The van der Waals surface area contributed by atoms with Crippen LogP contribution in [-0.2, 0) is 24.1 Å². The molecule has 1 aromatic heterocycles. The van der Waals surface area contributed by atoms with E-state index in [1.165, 1.54) is 5.56 Å². The van der Waals surface area contributed by atoms with Crippen molar-refractivity contribution in [2.45, 2.75) is 52.4 Å². The summed E-state index contributed by atoms with van der Waals surface area (Å²) >= 11 is 0. The fraction of sp³-hybridized carbons (Fsp3) is 0.583. The van der Waals surface area contributed by atoms with Crippen molar-refractivity contribution in [3.05, 3.63) is 45.4 Å². The van der Waals surface area contributed by atoms with Crippen LogP contribution in [0.3, 0.4) is 0 Å². The summed E-state index contributed by atoms with van der Waals surface area (Å²) < 4.78 is 16.8. The predicted octanol–water partition coefficient (Wildman–Crippen LogP) is 2.35. The van der Waals surface area contributed by atoms with Gasteiger partial charge in [-0.25, -0.2) is 4.98 Å². The van der Waals surface area contributed by atoms with Gasteiger partial charge < -0.3 is 19.1 Å². The van der Waals surface area contributed by atoms with Gasteiger partial charge in [0.15, 0.2) is 11.5 Å². The monoisotopic (exact) mass is 440 g/mol. The quantitative estimate of drug-likeness (QED) is 0.765. The first-order valence-electron chi connectivity index (χ1n) is 11.6. The van der Waals surface area contributed by atoms with Crippen molar-refractivity contribution >= 4 is 5.95 Å². The van der Waals surface area contributed by atoms with Crippen molar-refractivity contribution in [3.63, 3.8) is 0 Å². The van der Waals surface area contributed by atoms with E-state index in [0.717, 1.165) is 61.8 Å². The lowest BCUT2D eigenvalue weighted by Crippen LogP contribution is -2.47. The summed E-state index contributed by atoms with van der Waals surface area (Å²) in [5.41, 5.74) is 3.01. The van der Waals surface area contributed by atoms with Crippen LogP contribution in [0.5, 0.6) is 11.5 Å². The normalized spacial score (nSPS) is 23.8. The molecule has 3 aliphatic heterocycles. The van der Waals surface area contributed by atoms with Gasteiger partial charge in [-0.2, -0.15) is 0 Å². The number of morpholine rings is 1. The Balaban J connectivity index is 1.25. The van der Waals surface area contributed by atoms with Crippen molar-refractivity contribution in [1.82, 2.24) is 14.9 Å². The lowest BCUT2D eigenvalue weighted by molar-refractivity contribution is -0.00576. The molecule has 0 saturated carbocycles. The largest absolute Gasteiger partial charge is 0.454 e. The minimum Gasteiger partial charge on any atom is -0.454 e. The second-order valence-corrected chi connectivity index (χ2v) is 9.46. The molecule has 1 aromatic carbocycles. The zero-order chi connectivity index (χ0) is 22.2. The molecule has 4 heterocycles. The van der Waals surface area contributed by atoms with Crippen molar-refractivity contribution in [2.24, 2.45) is 5.92 Å². The molecule has 0 unspecified atom stereocenters. The van der Waals surface area contributed by atoms with Crippen LogP contribution in [0.1, 0.15) is 37.6 Å². The van der Waals surface area contributed by atoms with E-state index in [0.29, 0.717) is 25.2 Å². The number of ether oxygens (including phenoxy) is 3. The van der Waals surface area contributed by atoms with Gasteiger partial charge in [0.1, 0.15) is 0 Å². The molecule has 32 heavy (non-hydrogen) atoms. The van der Waals surface area contributed by atoms with E-state index in [4.69, 9.17) is 19.2 Å². The average Bonchev–Trinajstić information content (AvgIpc) is 3.20. The highest BCUT2D eigenvalue weighted by molar-refractivity contribution is 5.44. The van der Waals surface area contributed by atoms with Gasteiger partial charge in [-0.3, -0.25) is 14.7 Å². The van der Waals surface area contributed by atoms with Gasteiger partial charge in [0.25, 0.3) is 5.56 Å². The number of benzene rings is 1. The van der Waals surface area contributed by atoms with Crippen LogP contribution < -0.4 is 19.9 Å². The summed E-state index contributed by atoms with van der Waals surface area (Å²) in [6, 6.07) is 6.20. The minimum atomic E-state index is 0.00450. The van der Waals surface area contributed by atoms with Crippen LogP contribution >= 0.6 is 0 Å². The number of nitrogens with zero attached hydrogens (tertiary/aromatic N) is 3. The van der Waals surface area contributed by atoms with E-state index in [9.17, 15) is 4.79 Å². The summed E-state index contributed by atoms with van der Waals surface area (Å²) in [5.74, 6) is 2.81. The molecule has 5 rings (SSSR count). The van der Waals surface area contributed by atoms with Gasteiger partial charge >= 0.3 is 0 Å². The second-order valence-electron chi connectivity index (χ2n) is 9.46. The minimum absolute atomic E-state index is 0.00450. The SMILES string of the molecule is C[C@@H](Cc1ccc2c(c1)OCO2)CN1CCc2c(nc(N3C[C@@H](C)O[C@H](C)C3)[nH]c2=O)C1. The van der Waals surface area contributed by atoms with Crippen molar-refractivity contribution in [2.75, 3.05) is 37.9 Å². The summed E-state index contributed by atoms with van der Waals surface area (Å²) in [6.07, 6.45) is 1.95. The molecule has 0 amide bonds. The molecule has 8 nitrogen and oxygen atoms in total. The van der Waals surface area contributed by atoms with Gasteiger partial charge in [-0.15, -0.1) is 0 Å². The molecule has 0 bridgehead atoms. The summed E-state index contributed by atoms with van der Waals surface area (Å²) in [6.45, 7) is 10.7. The number of hydrogen-bond acceptors (Lipinski definition) is 7. The molecular weight excluding hydrogens is 408 g/mol. The summed E-state index contributed by atoms with van der Waals surface area (Å²) in [7, 11) is 0. The lowest BCUT2D eigenvalue weighted by atomic mass is 9.98. The average molecular weight is 441 g/mol. The number of anilines is 1. The first-order chi connectivity index (χ1) is 15.4. The standard InChI is InChI=1S/C24H32N4O4/c1-15(8-18-4-5-21-22(9-18)31-14-30-21)10-27-7-6-19-20(13-27)25-24(26-23(19)29)28-11-16(2)32-17(3)12-28/h4-5,9,15-17H,6-8,10-14H2,1-3H3,(H,25,26,29)/t15-,16+,17+/m0/s1. The maximum Gasteiger partial charge on any atom is 0.255 e. The Hall–Kier alpha value is -2.58. The summed E-state index contributed by atoms with van der Waals surface area (Å²) in [5, 5.41) is 0. The highest BCUT2D eigenvalue weighted by atomic mass is 16.7. The highest BCUT2D eigenvalue weighted by Crippen LogP contribution is 2.33. The van der Waals surface area contributed by atoms with Crippen LogP contribution in [0.25, 0.3) is 0 Å². The number of H-pyrrole nitrogens is 1. The number of nitrogens with one attached hydrogen (secondary N) is 1. The Morgan fingerprint density at radius 2 is 1.97 bits per heavy atom. The van der Waals surface area contributed by atoms with E-state index in [2.05, 4.69) is 47.7 Å². The Morgan fingerprint density at radius 1 is 1.19 bits per heavy atom. The lowest BCUT2D eigenvalue weighted by Gasteiger charge is -2.36. The predicted molar refractivity (Wildman–Crippen MR) is 121 cm³/mol. The van der Waals surface area contributed by atoms with Gasteiger partial charge in [-0.1, -0.05) is 13.0 Å². The fourth-order valence-corrected chi connectivity index (χ4v) is 5.11. The molecule has 3 aliphatic rings. The maximum absolute atomic E-state index is 12.8. The fourth-order valence-electron chi connectivity index (χ4n) is 5.11. The van der Waals surface area contributed by atoms with Crippen LogP contribution in [0.2, 0.25) is 0 Å². The molecule has 1 saturated heterocycles. The Labute approximate surface area is 188 Å². The van der Waals surface area contributed by atoms with Gasteiger partial charge in [0.2, 0.25) is 12.7 Å².